The Bertz CT molecular complexity index is 381. The summed E-state index contributed by atoms with van der Waals surface area (Å²) in [5.74, 6) is 2.05. The molecule has 1 aromatic rings. The molecule has 0 aromatic carbocycles. The molecule has 0 radical (unpaired) electrons. The van der Waals surface area contributed by atoms with Crippen LogP contribution in [0.1, 0.15) is 20.3 Å². The molecule has 0 saturated carbocycles. The quantitative estimate of drug-likeness (QED) is 0.866. The zero-order valence-electron chi connectivity index (χ0n) is 11.6. The first kappa shape index (κ1) is 13.1. The van der Waals surface area contributed by atoms with Gasteiger partial charge in [0.25, 0.3) is 0 Å². The minimum Gasteiger partial charge on any atom is -0.360 e. The van der Waals surface area contributed by atoms with Crippen molar-refractivity contribution < 1.29 is 0 Å². The standard InChI is InChI=1S/C13H23N5/c1-4-6-17(3)12-8-13(16-10-15-12)18-7-5-14-11(2)9-18/h8,10-11,14H,4-7,9H2,1-3H3. The number of hydrogen-bond acceptors (Lipinski definition) is 5. The summed E-state index contributed by atoms with van der Waals surface area (Å²) in [6, 6.07) is 2.61. The highest BCUT2D eigenvalue weighted by Gasteiger charge is 2.17. The highest BCUT2D eigenvalue weighted by Crippen LogP contribution is 2.17. The Hall–Kier alpha value is -1.36. The Morgan fingerprint density at radius 2 is 2.33 bits per heavy atom. The van der Waals surface area contributed by atoms with E-state index in [1.54, 1.807) is 6.33 Å². The maximum absolute atomic E-state index is 4.40. The zero-order chi connectivity index (χ0) is 13.0. The van der Waals surface area contributed by atoms with E-state index in [1.165, 1.54) is 0 Å². The molecule has 1 unspecified atom stereocenters. The fourth-order valence-corrected chi connectivity index (χ4v) is 2.31. The van der Waals surface area contributed by atoms with Gasteiger partial charge in [-0.25, -0.2) is 9.97 Å². The summed E-state index contributed by atoms with van der Waals surface area (Å²) in [5, 5.41) is 3.44. The number of anilines is 2. The predicted octanol–water partition coefficient (Wildman–Crippen LogP) is 1.12. The van der Waals surface area contributed by atoms with Gasteiger partial charge in [-0.3, -0.25) is 0 Å². The second-order valence-electron chi connectivity index (χ2n) is 4.96. The molecule has 0 spiro atoms. The molecule has 18 heavy (non-hydrogen) atoms. The lowest BCUT2D eigenvalue weighted by atomic mass is 10.2. The van der Waals surface area contributed by atoms with E-state index in [1.807, 2.05) is 0 Å². The lowest BCUT2D eigenvalue weighted by molar-refractivity contribution is 0.482. The smallest absolute Gasteiger partial charge is 0.134 e. The van der Waals surface area contributed by atoms with Crippen molar-refractivity contribution in [2.75, 3.05) is 43.0 Å². The van der Waals surface area contributed by atoms with Crippen LogP contribution in [0.2, 0.25) is 0 Å². The van der Waals surface area contributed by atoms with Crippen LogP contribution in [-0.4, -0.2) is 49.2 Å². The third kappa shape index (κ3) is 3.10. The van der Waals surface area contributed by atoms with Crippen LogP contribution in [0.3, 0.4) is 0 Å². The largest absolute Gasteiger partial charge is 0.360 e. The number of aromatic nitrogens is 2. The van der Waals surface area contributed by atoms with Crippen molar-refractivity contribution in [3.63, 3.8) is 0 Å². The lowest BCUT2D eigenvalue weighted by Crippen LogP contribution is -2.49. The maximum Gasteiger partial charge on any atom is 0.134 e. The van der Waals surface area contributed by atoms with Crippen molar-refractivity contribution in [3.8, 4) is 0 Å². The van der Waals surface area contributed by atoms with Crippen molar-refractivity contribution in [1.29, 1.82) is 0 Å². The van der Waals surface area contributed by atoms with Crippen LogP contribution in [0.15, 0.2) is 12.4 Å². The van der Waals surface area contributed by atoms with Gasteiger partial charge in [0.1, 0.15) is 18.0 Å². The summed E-state index contributed by atoms with van der Waals surface area (Å²) < 4.78 is 0. The molecule has 1 aliphatic rings. The Morgan fingerprint density at radius 1 is 1.50 bits per heavy atom. The zero-order valence-corrected chi connectivity index (χ0v) is 11.6. The van der Waals surface area contributed by atoms with Gasteiger partial charge in [-0.05, 0) is 13.3 Å². The second-order valence-corrected chi connectivity index (χ2v) is 4.96. The molecule has 5 nitrogen and oxygen atoms in total. The third-order valence-electron chi connectivity index (χ3n) is 3.28. The Kier molecular flexibility index (Phi) is 4.36. The van der Waals surface area contributed by atoms with Gasteiger partial charge in [-0.15, -0.1) is 0 Å². The van der Waals surface area contributed by atoms with E-state index in [0.717, 1.165) is 44.2 Å². The van der Waals surface area contributed by atoms with Gasteiger partial charge in [-0.1, -0.05) is 6.92 Å². The molecule has 1 N–H and O–H groups in total. The molecular formula is C13H23N5. The fraction of sp³-hybridized carbons (Fsp3) is 0.692. The van der Waals surface area contributed by atoms with Crippen molar-refractivity contribution in [3.05, 3.63) is 12.4 Å². The molecule has 0 bridgehead atoms. The normalized spacial score (nSPS) is 19.9. The van der Waals surface area contributed by atoms with E-state index >= 15 is 0 Å². The summed E-state index contributed by atoms with van der Waals surface area (Å²) in [6.45, 7) is 8.44. The van der Waals surface area contributed by atoms with Crippen molar-refractivity contribution in [2.24, 2.45) is 0 Å². The van der Waals surface area contributed by atoms with E-state index < -0.39 is 0 Å². The molecular weight excluding hydrogens is 226 g/mol. The van der Waals surface area contributed by atoms with Gasteiger partial charge in [0, 0.05) is 45.3 Å². The van der Waals surface area contributed by atoms with Crippen molar-refractivity contribution in [2.45, 2.75) is 26.3 Å². The maximum atomic E-state index is 4.40. The molecule has 1 saturated heterocycles. The molecule has 100 valence electrons. The van der Waals surface area contributed by atoms with E-state index in [0.29, 0.717) is 6.04 Å². The molecule has 1 atom stereocenters. The first-order valence-electron chi connectivity index (χ1n) is 6.72. The minimum atomic E-state index is 0.519. The fourth-order valence-electron chi connectivity index (χ4n) is 2.31. The molecule has 1 fully saturated rings. The third-order valence-corrected chi connectivity index (χ3v) is 3.28. The van der Waals surface area contributed by atoms with Crippen LogP contribution in [0.4, 0.5) is 11.6 Å². The van der Waals surface area contributed by atoms with Crippen LogP contribution in [0.25, 0.3) is 0 Å². The lowest BCUT2D eigenvalue weighted by Gasteiger charge is -2.33. The molecule has 2 rings (SSSR count). The summed E-state index contributed by atoms with van der Waals surface area (Å²) in [6.07, 6.45) is 2.80. The van der Waals surface area contributed by atoms with Crippen LogP contribution >= 0.6 is 0 Å². The van der Waals surface area contributed by atoms with E-state index in [-0.39, 0.29) is 0 Å². The van der Waals surface area contributed by atoms with Crippen LogP contribution in [0, 0.1) is 0 Å². The Labute approximate surface area is 109 Å². The average Bonchev–Trinajstić information content (AvgIpc) is 2.39. The summed E-state index contributed by atoms with van der Waals surface area (Å²) in [5.41, 5.74) is 0. The molecule has 0 amide bonds. The summed E-state index contributed by atoms with van der Waals surface area (Å²) >= 11 is 0. The van der Waals surface area contributed by atoms with Gasteiger partial charge in [-0.2, -0.15) is 0 Å². The molecule has 1 aliphatic heterocycles. The Morgan fingerprint density at radius 3 is 3.06 bits per heavy atom. The SMILES string of the molecule is CCCN(C)c1cc(N2CCNC(C)C2)ncn1. The van der Waals surface area contributed by atoms with Gasteiger partial charge in [0.05, 0.1) is 0 Å². The Balaban J connectivity index is 2.11. The number of rotatable bonds is 4. The first-order chi connectivity index (χ1) is 8.70. The van der Waals surface area contributed by atoms with Gasteiger partial charge < -0.3 is 15.1 Å². The van der Waals surface area contributed by atoms with Crippen LogP contribution in [0.5, 0.6) is 0 Å². The number of piperazine rings is 1. The number of hydrogen-bond donors (Lipinski definition) is 1. The number of nitrogens with zero attached hydrogens (tertiary/aromatic N) is 4. The predicted molar refractivity (Wildman–Crippen MR) is 75.3 cm³/mol. The summed E-state index contributed by atoms with van der Waals surface area (Å²) in [4.78, 5) is 13.2. The second kappa shape index (κ2) is 6.00. The highest BCUT2D eigenvalue weighted by atomic mass is 15.3. The molecule has 2 heterocycles. The number of nitrogens with one attached hydrogen (secondary N) is 1. The first-order valence-corrected chi connectivity index (χ1v) is 6.72. The van der Waals surface area contributed by atoms with Gasteiger partial charge in [0.15, 0.2) is 0 Å². The molecule has 0 aliphatic carbocycles. The summed E-state index contributed by atoms with van der Waals surface area (Å²) in [7, 11) is 2.08. The van der Waals surface area contributed by atoms with E-state index in [9.17, 15) is 0 Å². The van der Waals surface area contributed by atoms with Crippen molar-refractivity contribution >= 4 is 11.6 Å². The molecule has 1 aromatic heterocycles. The van der Waals surface area contributed by atoms with Crippen molar-refractivity contribution in [1.82, 2.24) is 15.3 Å². The highest BCUT2D eigenvalue weighted by molar-refractivity contribution is 5.50. The van der Waals surface area contributed by atoms with Crippen LogP contribution in [-0.2, 0) is 0 Å². The van der Waals surface area contributed by atoms with E-state index in [2.05, 4.69) is 52.0 Å². The van der Waals surface area contributed by atoms with E-state index in [4.69, 9.17) is 0 Å². The average molecular weight is 249 g/mol. The van der Waals surface area contributed by atoms with Gasteiger partial charge in [0.2, 0.25) is 0 Å². The monoisotopic (exact) mass is 249 g/mol. The van der Waals surface area contributed by atoms with Gasteiger partial charge >= 0.3 is 0 Å². The van der Waals surface area contributed by atoms with Crippen LogP contribution < -0.4 is 15.1 Å². The molecule has 5 heteroatoms. The topological polar surface area (TPSA) is 44.3 Å². The minimum absolute atomic E-state index is 0.519.